The molecule has 0 saturated heterocycles. The highest BCUT2D eigenvalue weighted by Crippen LogP contribution is 2.23. The highest BCUT2D eigenvalue weighted by atomic mass is 79.9. The van der Waals surface area contributed by atoms with Crippen molar-refractivity contribution < 1.29 is 0 Å². The van der Waals surface area contributed by atoms with Crippen molar-refractivity contribution in [3.8, 4) is 6.07 Å². The molecule has 0 atom stereocenters. The molecule has 4 nitrogen and oxygen atoms in total. The number of halogens is 1. The summed E-state index contributed by atoms with van der Waals surface area (Å²) in [7, 11) is 1.93. The van der Waals surface area contributed by atoms with Crippen LogP contribution in [0.15, 0.2) is 34.9 Å². The maximum atomic E-state index is 8.77. The highest BCUT2D eigenvalue weighted by Gasteiger charge is 2.07. The molecule has 2 rings (SSSR count). The van der Waals surface area contributed by atoms with Crippen LogP contribution in [0.4, 0.5) is 11.5 Å². The molecule has 0 unspecified atom stereocenters. The van der Waals surface area contributed by atoms with E-state index in [1.54, 1.807) is 12.1 Å². The minimum absolute atomic E-state index is 0.646. The smallest absolute Gasteiger partial charge is 0.137 e. The summed E-state index contributed by atoms with van der Waals surface area (Å²) in [6.07, 6.45) is 0. The fourth-order valence-electron chi connectivity index (χ4n) is 1.58. The summed E-state index contributed by atoms with van der Waals surface area (Å²) < 4.78 is 0.755. The van der Waals surface area contributed by atoms with Crippen LogP contribution in [0, 0.1) is 18.3 Å². The first kappa shape index (κ1) is 12.5. The van der Waals surface area contributed by atoms with Gasteiger partial charge in [-0.25, -0.2) is 9.97 Å². The molecule has 0 aliphatic rings. The van der Waals surface area contributed by atoms with Crippen LogP contribution in [-0.4, -0.2) is 17.0 Å². The van der Waals surface area contributed by atoms with E-state index < -0.39 is 0 Å². The minimum Gasteiger partial charge on any atom is -0.329 e. The number of benzene rings is 1. The van der Waals surface area contributed by atoms with Crippen molar-refractivity contribution in [1.82, 2.24) is 9.97 Å². The second-order valence-electron chi connectivity index (χ2n) is 3.81. The number of hydrogen-bond donors (Lipinski definition) is 0. The molecule has 2 aromatic rings. The van der Waals surface area contributed by atoms with Gasteiger partial charge in [0.25, 0.3) is 0 Å². The number of aryl methyl sites for hydroxylation is 1. The van der Waals surface area contributed by atoms with Gasteiger partial charge in [0, 0.05) is 18.8 Å². The van der Waals surface area contributed by atoms with Crippen LogP contribution in [0.3, 0.4) is 0 Å². The van der Waals surface area contributed by atoms with Gasteiger partial charge in [0.2, 0.25) is 0 Å². The third-order valence-electron chi connectivity index (χ3n) is 2.52. The summed E-state index contributed by atoms with van der Waals surface area (Å²) in [6, 6.07) is 11.3. The van der Waals surface area contributed by atoms with Gasteiger partial charge in [0.1, 0.15) is 16.2 Å². The molecule has 1 aromatic carbocycles. The zero-order valence-electron chi connectivity index (χ0n) is 10.1. The Labute approximate surface area is 114 Å². The van der Waals surface area contributed by atoms with Crippen LogP contribution in [0.5, 0.6) is 0 Å². The summed E-state index contributed by atoms with van der Waals surface area (Å²) in [4.78, 5) is 10.5. The van der Waals surface area contributed by atoms with Gasteiger partial charge < -0.3 is 4.90 Å². The van der Waals surface area contributed by atoms with Crippen molar-refractivity contribution in [1.29, 1.82) is 5.26 Å². The van der Waals surface area contributed by atoms with Gasteiger partial charge in [-0.1, -0.05) is 0 Å². The molecule has 0 fully saturated rings. The zero-order valence-corrected chi connectivity index (χ0v) is 11.6. The maximum absolute atomic E-state index is 8.77. The van der Waals surface area contributed by atoms with Crippen molar-refractivity contribution in [2.75, 3.05) is 11.9 Å². The number of rotatable bonds is 2. The van der Waals surface area contributed by atoms with E-state index in [1.165, 1.54) is 0 Å². The van der Waals surface area contributed by atoms with Crippen LogP contribution in [-0.2, 0) is 0 Å². The van der Waals surface area contributed by atoms with E-state index in [9.17, 15) is 0 Å². The van der Waals surface area contributed by atoms with Gasteiger partial charge in [-0.3, -0.25) is 0 Å². The number of hydrogen-bond acceptors (Lipinski definition) is 4. The Morgan fingerprint density at radius 2 is 1.89 bits per heavy atom. The van der Waals surface area contributed by atoms with Crippen LogP contribution in [0.25, 0.3) is 0 Å². The molecule has 0 saturated carbocycles. The topological polar surface area (TPSA) is 52.8 Å². The molecule has 0 N–H and O–H groups in total. The summed E-state index contributed by atoms with van der Waals surface area (Å²) >= 11 is 3.36. The predicted octanol–water partition coefficient (Wildman–Crippen LogP) is 3.19. The van der Waals surface area contributed by atoms with Gasteiger partial charge in [-0.2, -0.15) is 5.26 Å². The van der Waals surface area contributed by atoms with Crippen molar-refractivity contribution in [2.45, 2.75) is 6.92 Å². The Balaban J connectivity index is 2.35. The van der Waals surface area contributed by atoms with Gasteiger partial charge in [0.05, 0.1) is 11.6 Å². The second kappa shape index (κ2) is 5.15. The van der Waals surface area contributed by atoms with Crippen LogP contribution >= 0.6 is 15.9 Å². The van der Waals surface area contributed by atoms with Gasteiger partial charge in [-0.05, 0) is 47.1 Å². The minimum atomic E-state index is 0.646. The fourth-order valence-corrected chi connectivity index (χ4v) is 2.04. The van der Waals surface area contributed by atoms with Gasteiger partial charge in [0.15, 0.2) is 0 Å². The second-order valence-corrected chi connectivity index (χ2v) is 4.63. The molecule has 5 heteroatoms. The first-order chi connectivity index (χ1) is 8.60. The average molecular weight is 303 g/mol. The van der Waals surface area contributed by atoms with E-state index in [0.717, 1.165) is 16.1 Å². The molecular formula is C13H11BrN4. The summed E-state index contributed by atoms with van der Waals surface area (Å²) in [5.41, 5.74) is 1.62. The normalized spacial score (nSPS) is 9.89. The average Bonchev–Trinajstić information content (AvgIpc) is 2.37. The van der Waals surface area contributed by atoms with Crippen LogP contribution < -0.4 is 4.90 Å². The van der Waals surface area contributed by atoms with E-state index >= 15 is 0 Å². The maximum Gasteiger partial charge on any atom is 0.137 e. The molecular weight excluding hydrogens is 292 g/mol. The SMILES string of the molecule is Cc1nc(Br)cc(N(C)c2ccc(C#N)cc2)n1. The lowest BCUT2D eigenvalue weighted by molar-refractivity contribution is 0.997. The number of anilines is 2. The lowest BCUT2D eigenvalue weighted by atomic mass is 10.2. The molecule has 1 heterocycles. The first-order valence-corrected chi connectivity index (χ1v) is 6.14. The number of aromatic nitrogens is 2. The highest BCUT2D eigenvalue weighted by molar-refractivity contribution is 9.10. The standard InChI is InChI=1S/C13H11BrN4/c1-9-16-12(14)7-13(17-9)18(2)11-5-3-10(8-15)4-6-11/h3-7H,1-2H3. The summed E-state index contributed by atoms with van der Waals surface area (Å²) in [5, 5.41) is 8.77. The van der Waals surface area contributed by atoms with E-state index in [-0.39, 0.29) is 0 Å². The molecule has 0 amide bonds. The monoisotopic (exact) mass is 302 g/mol. The summed E-state index contributed by atoms with van der Waals surface area (Å²) in [6.45, 7) is 1.85. The Bertz CT molecular complexity index is 581. The molecule has 18 heavy (non-hydrogen) atoms. The molecule has 0 radical (unpaired) electrons. The van der Waals surface area contributed by atoms with Gasteiger partial charge >= 0.3 is 0 Å². The lowest BCUT2D eigenvalue weighted by Gasteiger charge is -2.18. The third-order valence-corrected chi connectivity index (χ3v) is 2.93. The van der Waals surface area contributed by atoms with E-state index in [0.29, 0.717) is 11.4 Å². The molecule has 90 valence electrons. The van der Waals surface area contributed by atoms with Crippen molar-refractivity contribution in [3.05, 3.63) is 46.3 Å². The van der Waals surface area contributed by atoms with Gasteiger partial charge in [-0.15, -0.1) is 0 Å². The molecule has 0 spiro atoms. The largest absolute Gasteiger partial charge is 0.329 e. The molecule has 0 bridgehead atoms. The summed E-state index contributed by atoms with van der Waals surface area (Å²) in [5.74, 6) is 1.51. The van der Waals surface area contributed by atoms with Crippen molar-refractivity contribution in [2.24, 2.45) is 0 Å². The quantitative estimate of drug-likeness (QED) is 0.800. The van der Waals surface area contributed by atoms with Crippen LogP contribution in [0.1, 0.15) is 11.4 Å². The predicted molar refractivity (Wildman–Crippen MR) is 73.7 cm³/mol. The number of nitrogens with zero attached hydrogens (tertiary/aromatic N) is 4. The molecule has 0 aliphatic heterocycles. The first-order valence-electron chi connectivity index (χ1n) is 5.35. The van der Waals surface area contributed by atoms with E-state index in [4.69, 9.17) is 5.26 Å². The molecule has 1 aromatic heterocycles. The zero-order chi connectivity index (χ0) is 13.1. The Morgan fingerprint density at radius 3 is 2.44 bits per heavy atom. The van der Waals surface area contributed by atoms with E-state index in [1.807, 2.05) is 37.1 Å². The lowest BCUT2D eigenvalue weighted by Crippen LogP contribution is -2.12. The van der Waals surface area contributed by atoms with Crippen LogP contribution in [0.2, 0.25) is 0 Å². The third kappa shape index (κ3) is 2.66. The van der Waals surface area contributed by atoms with Crippen molar-refractivity contribution >= 4 is 27.4 Å². The number of nitriles is 1. The Kier molecular flexibility index (Phi) is 3.58. The van der Waals surface area contributed by atoms with E-state index in [2.05, 4.69) is 32.0 Å². The Hall–Kier alpha value is -1.93. The molecule has 0 aliphatic carbocycles. The van der Waals surface area contributed by atoms with Crippen molar-refractivity contribution in [3.63, 3.8) is 0 Å². The fraction of sp³-hybridized carbons (Fsp3) is 0.154. The Morgan fingerprint density at radius 1 is 1.22 bits per heavy atom.